The van der Waals surface area contributed by atoms with Crippen molar-refractivity contribution in [1.82, 2.24) is 0 Å². The van der Waals surface area contributed by atoms with Gasteiger partial charge in [0.15, 0.2) is 24.6 Å². The van der Waals surface area contributed by atoms with Gasteiger partial charge in [0.2, 0.25) is 0 Å². The average molecular weight is 543 g/mol. The Morgan fingerprint density at radius 2 is 1.47 bits per heavy atom. The largest absolute Gasteiger partial charge is 0.463 e. The van der Waals surface area contributed by atoms with E-state index in [1.165, 1.54) is 27.7 Å². The Labute approximate surface area is 224 Å². The minimum absolute atomic E-state index is 0.136. The van der Waals surface area contributed by atoms with E-state index in [1.54, 1.807) is 0 Å². The average Bonchev–Trinajstić information content (AvgIpc) is 2.74. The van der Waals surface area contributed by atoms with Gasteiger partial charge in [-0.3, -0.25) is 24.0 Å². The first-order chi connectivity index (χ1) is 17.6. The topological polar surface area (TPSA) is 141 Å². The minimum Gasteiger partial charge on any atom is -0.463 e. The molecule has 0 aromatic rings. The highest BCUT2D eigenvalue weighted by atomic mass is 16.7. The molecule has 1 saturated carbocycles. The molecule has 38 heavy (non-hydrogen) atoms. The highest BCUT2D eigenvalue weighted by Gasteiger charge is 2.53. The van der Waals surface area contributed by atoms with E-state index in [9.17, 15) is 24.0 Å². The molecular formula is C27H42O11. The molecule has 1 aliphatic heterocycles. The van der Waals surface area contributed by atoms with Crippen LogP contribution in [0.1, 0.15) is 81.1 Å². The molecule has 0 aromatic carbocycles. The van der Waals surface area contributed by atoms with Crippen molar-refractivity contribution in [3.63, 3.8) is 0 Å². The number of rotatable bonds is 10. The number of ketones is 1. The first-order valence-corrected chi connectivity index (χ1v) is 13.1. The van der Waals surface area contributed by atoms with Crippen LogP contribution in [0.4, 0.5) is 0 Å². The summed E-state index contributed by atoms with van der Waals surface area (Å²) in [6.45, 7) is 12.6. The highest BCUT2D eigenvalue weighted by Crippen LogP contribution is 2.45. The first kappa shape index (κ1) is 31.7. The smallest absolute Gasteiger partial charge is 0.303 e. The van der Waals surface area contributed by atoms with Crippen LogP contribution < -0.4 is 0 Å². The molecule has 0 spiro atoms. The molecule has 0 N–H and O–H groups in total. The van der Waals surface area contributed by atoms with Gasteiger partial charge in [-0.25, -0.2) is 0 Å². The molecule has 0 aromatic heterocycles. The lowest BCUT2D eigenvalue weighted by Gasteiger charge is -2.45. The molecule has 0 amide bonds. The fraction of sp³-hybridized carbons (Fsp3) is 0.815. The third-order valence-electron chi connectivity index (χ3n) is 7.09. The number of Topliss-reactive ketones (excluding diaryl/α,β-unsaturated/α-hetero) is 1. The Hall–Kier alpha value is -2.53. The summed E-state index contributed by atoms with van der Waals surface area (Å²) in [5, 5.41) is 0. The SMILES string of the molecule is CC(=O)OC[C@H]1O[C@@H](O[C@H](C)CC[C@H]2[C@H](C)CC(=O)CC2(C)C)[C@H](OC(C)=O)[C@@H](OC(C)=O)[C@@H]1OC(C)=O. The first-order valence-electron chi connectivity index (χ1n) is 13.1. The van der Waals surface area contributed by atoms with Crippen LogP contribution in [0, 0.1) is 17.3 Å². The number of hydrogen-bond donors (Lipinski definition) is 0. The van der Waals surface area contributed by atoms with Gasteiger partial charge in [-0.2, -0.15) is 0 Å². The molecule has 0 bridgehead atoms. The lowest BCUT2D eigenvalue weighted by molar-refractivity contribution is -0.316. The third-order valence-corrected chi connectivity index (χ3v) is 7.09. The van der Waals surface area contributed by atoms with Gasteiger partial charge in [-0.15, -0.1) is 0 Å². The lowest BCUT2D eigenvalue weighted by atomic mass is 9.62. The lowest BCUT2D eigenvalue weighted by Crippen LogP contribution is -2.63. The Morgan fingerprint density at radius 3 is 2.00 bits per heavy atom. The van der Waals surface area contributed by atoms with Crippen LogP contribution in [0.3, 0.4) is 0 Å². The summed E-state index contributed by atoms with van der Waals surface area (Å²) in [6, 6.07) is 0. The molecule has 11 heteroatoms. The molecule has 2 fully saturated rings. The predicted octanol–water partition coefficient (Wildman–Crippen LogP) is 2.90. The molecule has 1 heterocycles. The number of carbonyl (C=O) groups excluding carboxylic acids is 5. The Morgan fingerprint density at radius 1 is 0.921 bits per heavy atom. The van der Waals surface area contributed by atoms with Crippen LogP contribution in [-0.4, -0.2) is 73.1 Å². The summed E-state index contributed by atoms with van der Waals surface area (Å²) in [7, 11) is 0. The minimum atomic E-state index is -1.27. The summed E-state index contributed by atoms with van der Waals surface area (Å²) in [6.07, 6.45) is -3.86. The summed E-state index contributed by atoms with van der Waals surface area (Å²) >= 11 is 0. The molecule has 216 valence electrons. The number of hydrogen-bond acceptors (Lipinski definition) is 11. The van der Waals surface area contributed by atoms with E-state index in [1.807, 2.05) is 6.92 Å². The fourth-order valence-electron chi connectivity index (χ4n) is 5.67. The normalized spacial score (nSPS) is 31.6. The zero-order chi connectivity index (χ0) is 28.8. The van der Waals surface area contributed by atoms with Crippen molar-refractivity contribution < 1.29 is 52.4 Å². The highest BCUT2D eigenvalue weighted by molar-refractivity contribution is 5.80. The second kappa shape index (κ2) is 13.5. The van der Waals surface area contributed by atoms with Crippen LogP contribution in [0.15, 0.2) is 0 Å². The standard InChI is InChI=1S/C27H42O11/c1-14-11-20(32)12-27(7,8)21(14)10-9-15(2)34-26-25(37-19(6)31)24(36-18(5)30)23(35-17(4)29)22(38-26)13-33-16(3)28/h14-15,21-26H,9-13H2,1-8H3/t14-,15-,21+,22-,23-,24+,25-,26-/m1/s1. The third kappa shape index (κ3) is 9.04. The summed E-state index contributed by atoms with van der Waals surface area (Å²) in [5.74, 6) is -1.84. The second-order valence-electron chi connectivity index (χ2n) is 11.1. The van der Waals surface area contributed by atoms with Gasteiger partial charge in [0.1, 0.15) is 18.5 Å². The van der Waals surface area contributed by atoms with Crippen molar-refractivity contribution in [2.75, 3.05) is 6.61 Å². The van der Waals surface area contributed by atoms with Gasteiger partial charge in [0.25, 0.3) is 0 Å². The maximum absolute atomic E-state index is 12.1. The van der Waals surface area contributed by atoms with Gasteiger partial charge in [0.05, 0.1) is 6.10 Å². The van der Waals surface area contributed by atoms with Crippen LogP contribution in [0.2, 0.25) is 0 Å². The molecule has 1 saturated heterocycles. The molecule has 8 atom stereocenters. The molecule has 2 rings (SSSR count). The van der Waals surface area contributed by atoms with Crippen molar-refractivity contribution in [1.29, 1.82) is 0 Å². The molecule has 0 unspecified atom stereocenters. The van der Waals surface area contributed by atoms with Crippen molar-refractivity contribution in [3.8, 4) is 0 Å². The monoisotopic (exact) mass is 542 g/mol. The van der Waals surface area contributed by atoms with Crippen LogP contribution >= 0.6 is 0 Å². The van der Waals surface area contributed by atoms with Gasteiger partial charge >= 0.3 is 23.9 Å². The Balaban J connectivity index is 2.27. The van der Waals surface area contributed by atoms with Crippen molar-refractivity contribution in [2.24, 2.45) is 17.3 Å². The summed E-state index contributed by atoms with van der Waals surface area (Å²) < 4.78 is 33.6. The van der Waals surface area contributed by atoms with Gasteiger partial charge in [-0.1, -0.05) is 20.8 Å². The van der Waals surface area contributed by atoms with Crippen LogP contribution in [-0.2, 0) is 52.4 Å². The summed E-state index contributed by atoms with van der Waals surface area (Å²) in [4.78, 5) is 59.4. The molecular weight excluding hydrogens is 500 g/mol. The zero-order valence-electron chi connectivity index (χ0n) is 23.6. The molecule has 0 radical (unpaired) electrons. The molecule has 11 nitrogen and oxygen atoms in total. The summed E-state index contributed by atoms with van der Waals surface area (Å²) in [5.41, 5.74) is -0.136. The van der Waals surface area contributed by atoms with E-state index < -0.39 is 54.6 Å². The Kier molecular flexibility index (Phi) is 11.3. The quantitative estimate of drug-likeness (QED) is 0.297. The molecule has 2 aliphatic rings. The van der Waals surface area contributed by atoms with Crippen molar-refractivity contribution >= 4 is 29.7 Å². The maximum Gasteiger partial charge on any atom is 0.303 e. The van der Waals surface area contributed by atoms with Gasteiger partial charge in [0, 0.05) is 40.5 Å². The fourth-order valence-corrected chi connectivity index (χ4v) is 5.67. The van der Waals surface area contributed by atoms with Crippen LogP contribution in [0.5, 0.6) is 0 Å². The van der Waals surface area contributed by atoms with Crippen molar-refractivity contribution in [2.45, 2.75) is 118 Å². The maximum atomic E-state index is 12.1. The number of ether oxygens (including phenoxy) is 6. The molecule has 1 aliphatic carbocycles. The van der Waals surface area contributed by atoms with Gasteiger partial charge in [-0.05, 0) is 37.0 Å². The van der Waals surface area contributed by atoms with E-state index in [-0.39, 0.29) is 29.8 Å². The van der Waals surface area contributed by atoms with E-state index in [4.69, 9.17) is 28.4 Å². The second-order valence-corrected chi connectivity index (χ2v) is 11.1. The zero-order valence-corrected chi connectivity index (χ0v) is 23.6. The van der Waals surface area contributed by atoms with E-state index >= 15 is 0 Å². The predicted molar refractivity (Wildman–Crippen MR) is 132 cm³/mol. The number of carbonyl (C=O) groups is 5. The number of esters is 4. The van der Waals surface area contributed by atoms with E-state index in [0.717, 1.165) is 6.42 Å². The van der Waals surface area contributed by atoms with E-state index in [0.29, 0.717) is 25.2 Å². The van der Waals surface area contributed by atoms with Crippen LogP contribution in [0.25, 0.3) is 0 Å². The van der Waals surface area contributed by atoms with E-state index in [2.05, 4.69) is 20.8 Å². The van der Waals surface area contributed by atoms with Gasteiger partial charge < -0.3 is 28.4 Å². The van der Waals surface area contributed by atoms with Crippen molar-refractivity contribution in [3.05, 3.63) is 0 Å². The Bertz CT molecular complexity index is 882.